The van der Waals surface area contributed by atoms with Crippen LogP contribution in [0.2, 0.25) is 0 Å². The van der Waals surface area contributed by atoms with Gasteiger partial charge in [0.05, 0.1) is 12.7 Å². The standard InChI is InChI=1S/C14H11F3N2O3/c1-21-13(20)9-7-8(4-5-11(9)18)22-12-10(14(15,16)17)3-2-6-19-12/h2-7H,18H2,1H3. The molecule has 0 saturated heterocycles. The van der Waals surface area contributed by atoms with E-state index in [1.165, 1.54) is 24.4 Å². The van der Waals surface area contributed by atoms with Gasteiger partial charge in [-0.05, 0) is 30.3 Å². The van der Waals surface area contributed by atoms with Crippen LogP contribution in [0.15, 0.2) is 36.5 Å². The lowest BCUT2D eigenvalue weighted by molar-refractivity contribution is -0.138. The molecule has 0 aliphatic carbocycles. The summed E-state index contributed by atoms with van der Waals surface area (Å²) in [6.07, 6.45) is -3.44. The van der Waals surface area contributed by atoms with Crippen LogP contribution in [-0.4, -0.2) is 18.1 Å². The van der Waals surface area contributed by atoms with Gasteiger partial charge in [-0.15, -0.1) is 0 Å². The Morgan fingerprint density at radius 3 is 2.64 bits per heavy atom. The highest BCUT2D eigenvalue weighted by Crippen LogP contribution is 2.36. The second kappa shape index (κ2) is 5.92. The minimum Gasteiger partial charge on any atom is -0.465 e. The molecule has 0 bridgehead atoms. The number of rotatable bonds is 3. The number of benzene rings is 1. The Morgan fingerprint density at radius 1 is 1.27 bits per heavy atom. The molecule has 2 N–H and O–H groups in total. The number of alkyl halides is 3. The van der Waals surface area contributed by atoms with Crippen molar-refractivity contribution in [3.63, 3.8) is 0 Å². The molecular weight excluding hydrogens is 301 g/mol. The number of aromatic nitrogens is 1. The fraction of sp³-hybridized carbons (Fsp3) is 0.143. The number of carbonyl (C=O) groups is 1. The summed E-state index contributed by atoms with van der Waals surface area (Å²) in [6, 6.07) is 5.85. The monoisotopic (exact) mass is 312 g/mol. The Morgan fingerprint density at radius 2 is 2.00 bits per heavy atom. The molecule has 2 aromatic rings. The number of ether oxygens (including phenoxy) is 2. The molecule has 0 unspecified atom stereocenters. The molecule has 116 valence electrons. The summed E-state index contributed by atoms with van der Waals surface area (Å²) in [6.45, 7) is 0. The Kier molecular flexibility index (Phi) is 4.20. The van der Waals surface area contributed by atoms with Crippen molar-refractivity contribution in [3.05, 3.63) is 47.7 Å². The first-order valence-corrected chi connectivity index (χ1v) is 6.01. The second-order valence-corrected chi connectivity index (χ2v) is 4.20. The van der Waals surface area contributed by atoms with E-state index >= 15 is 0 Å². The lowest BCUT2D eigenvalue weighted by Crippen LogP contribution is -2.09. The SMILES string of the molecule is COC(=O)c1cc(Oc2ncccc2C(F)(F)F)ccc1N. The molecule has 0 amide bonds. The Bertz CT molecular complexity index is 702. The van der Waals surface area contributed by atoms with Crippen molar-refractivity contribution in [2.45, 2.75) is 6.18 Å². The lowest BCUT2D eigenvalue weighted by Gasteiger charge is -2.13. The van der Waals surface area contributed by atoms with Crippen LogP contribution in [0.3, 0.4) is 0 Å². The van der Waals surface area contributed by atoms with E-state index in [2.05, 4.69) is 9.72 Å². The molecule has 0 atom stereocenters. The molecule has 2 rings (SSSR count). The summed E-state index contributed by atoms with van der Waals surface area (Å²) in [5.41, 5.74) is 4.70. The van der Waals surface area contributed by atoms with E-state index in [4.69, 9.17) is 10.5 Å². The van der Waals surface area contributed by atoms with Gasteiger partial charge in [0.2, 0.25) is 5.88 Å². The van der Waals surface area contributed by atoms with E-state index in [0.29, 0.717) is 0 Å². The Hall–Kier alpha value is -2.77. The molecule has 5 nitrogen and oxygen atoms in total. The number of methoxy groups -OCH3 is 1. The van der Waals surface area contributed by atoms with Crippen LogP contribution in [0.5, 0.6) is 11.6 Å². The van der Waals surface area contributed by atoms with Gasteiger partial charge in [0.1, 0.15) is 11.3 Å². The quantitative estimate of drug-likeness (QED) is 0.695. The zero-order chi connectivity index (χ0) is 16.3. The number of carbonyl (C=O) groups excluding carboxylic acids is 1. The van der Waals surface area contributed by atoms with E-state index < -0.39 is 23.6 Å². The minimum absolute atomic E-state index is 0.00973. The van der Waals surface area contributed by atoms with Gasteiger partial charge < -0.3 is 15.2 Å². The van der Waals surface area contributed by atoms with Gasteiger partial charge in [-0.3, -0.25) is 0 Å². The second-order valence-electron chi connectivity index (χ2n) is 4.20. The minimum atomic E-state index is -4.61. The van der Waals surface area contributed by atoms with Gasteiger partial charge >= 0.3 is 12.1 Å². The number of nitrogen functional groups attached to an aromatic ring is 1. The van der Waals surface area contributed by atoms with Gasteiger partial charge in [0.25, 0.3) is 0 Å². The number of anilines is 1. The molecule has 0 radical (unpaired) electrons. The summed E-state index contributed by atoms with van der Waals surface area (Å²) >= 11 is 0. The van der Waals surface area contributed by atoms with Crippen LogP contribution in [-0.2, 0) is 10.9 Å². The van der Waals surface area contributed by atoms with Crippen LogP contribution < -0.4 is 10.5 Å². The predicted octanol–water partition coefficient (Wildman–Crippen LogP) is 3.26. The molecule has 1 heterocycles. The summed E-state index contributed by atoms with van der Waals surface area (Å²) in [4.78, 5) is 15.1. The fourth-order valence-corrected chi connectivity index (χ4v) is 1.69. The van der Waals surface area contributed by atoms with Crippen molar-refractivity contribution < 1.29 is 27.4 Å². The van der Waals surface area contributed by atoms with Gasteiger partial charge in [0, 0.05) is 11.9 Å². The average Bonchev–Trinajstić information content (AvgIpc) is 2.48. The molecular formula is C14H11F3N2O3. The van der Waals surface area contributed by atoms with Crippen LogP contribution in [0.4, 0.5) is 18.9 Å². The van der Waals surface area contributed by atoms with E-state index in [0.717, 1.165) is 19.2 Å². The third-order valence-corrected chi connectivity index (χ3v) is 2.72. The molecule has 22 heavy (non-hydrogen) atoms. The zero-order valence-corrected chi connectivity index (χ0v) is 11.3. The van der Waals surface area contributed by atoms with Gasteiger partial charge in [0.15, 0.2) is 0 Å². The number of halogens is 3. The molecule has 8 heteroatoms. The van der Waals surface area contributed by atoms with Crippen molar-refractivity contribution in [1.29, 1.82) is 0 Å². The molecule has 0 aliphatic heterocycles. The van der Waals surface area contributed by atoms with Gasteiger partial charge in [-0.1, -0.05) is 0 Å². The smallest absolute Gasteiger partial charge is 0.421 e. The van der Waals surface area contributed by atoms with Crippen LogP contribution in [0.1, 0.15) is 15.9 Å². The van der Waals surface area contributed by atoms with E-state index in [-0.39, 0.29) is 17.0 Å². The first-order valence-electron chi connectivity index (χ1n) is 6.01. The maximum atomic E-state index is 12.9. The number of pyridine rings is 1. The molecule has 0 fully saturated rings. The van der Waals surface area contributed by atoms with Crippen LogP contribution in [0.25, 0.3) is 0 Å². The fourth-order valence-electron chi connectivity index (χ4n) is 1.69. The maximum absolute atomic E-state index is 12.9. The zero-order valence-electron chi connectivity index (χ0n) is 11.3. The summed E-state index contributed by atoms with van der Waals surface area (Å²) in [7, 11) is 1.16. The number of hydrogen-bond acceptors (Lipinski definition) is 5. The number of esters is 1. The van der Waals surface area contributed by atoms with E-state index in [1.54, 1.807) is 0 Å². The van der Waals surface area contributed by atoms with E-state index in [9.17, 15) is 18.0 Å². The molecule has 0 aliphatic rings. The summed E-state index contributed by atoms with van der Waals surface area (Å²) in [5.74, 6) is -1.35. The van der Waals surface area contributed by atoms with Crippen molar-refractivity contribution >= 4 is 11.7 Å². The Balaban J connectivity index is 2.39. The topological polar surface area (TPSA) is 74.4 Å². The molecule has 1 aromatic carbocycles. The first-order chi connectivity index (χ1) is 10.3. The molecule has 0 saturated carbocycles. The molecule has 1 aromatic heterocycles. The van der Waals surface area contributed by atoms with Crippen molar-refractivity contribution in [3.8, 4) is 11.6 Å². The maximum Gasteiger partial charge on any atom is 0.421 e. The third-order valence-electron chi connectivity index (χ3n) is 2.72. The van der Waals surface area contributed by atoms with Gasteiger partial charge in [-0.2, -0.15) is 13.2 Å². The predicted molar refractivity (Wildman–Crippen MR) is 71.5 cm³/mol. The van der Waals surface area contributed by atoms with Crippen molar-refractivity contribution in [1.82, 2.24) is 4.98 Å². The van der Waals surface area contributed by atoms with Gasteiger partial charge in [-0.25, -0.2) is 9.78 Å². The summed E-state index contributed by atoms with van der Waals surface area (Å²) < 4.78 is 48.3. The van der Waals surface area contributed by atoms with Crippen molar-refractivity contribution in [2.24, 2.45) is 0 Å². The number of nitrogens with zero attached hydrogens (tertiary/aromatic N) is 1. The first kappa shape index (κ1) is 15.6. The third kappa shape index (κ3) is 3.27. The normalized spacial score (nSPS) is 11.1. The highest BCUT2D eigenvalue weighted by molar-refractivity contribution is 5.95. The average molecular weight is 312 g/mol. The van der Waals surface area contributed by atoms with Crippen molar-refractivity contribution in [2.75, 3.05) is 12.8 Å². The summed E-state index contributed by atoms with van der Waals surface area (Å²) in [5, 5.41) is 0. The lowest BCUT2D eigenvalue weighted by atomic mass is 10.1. The van der Waals surface area contributed by atoms with Crippen LogP contribution >= 0.6 is 0 Å². The highest BCUT2D eigenvalue weighted by Gasteiger charge is 2.35. The molecule has 0 spiro atoms. The largest absolute Gasteiger partial charge is 0.465 e. The van der Waals surface area contributed by atoms with Crippen LogP contribution in [0, 0.1) is 0 Å². The Labute approximate surface area is 123 Å². The highest BCUT2D eigenvalue weighted by atomic mass is 19.4. The number of nitrogens with two attached hydrogens (primary N) is 1. The van der Waals surface area contributed by atoms with E-state index in [1.807, 2.05) is 0 Å². The number of hydrogen-bond donors (Lipinski definition) is 1.